The molecule has 1 fully saturated rings. The smallest absolute Gasteiger partial charge is 0.183 e. The third-order valence-electron chi connectivity index (χ3n) is 3.81. The van der Waals surface area contributed by atoms with Crippen molar-refractivity contribution in [3.05, 3.63) is 30.1 Å². The van der Waals surface area contributed by atoms with Gasteiger partial charge in [-0.2, -0.15) is 5.10 Å². The zero-order chi connectivity index (χ0) is 13.8. The van der Waals surface area contributed by atoms with Gasteiger partial charge in [0.25, 0.3) is 0 Å². The van der Waals surface area contributed by atoms with Gasteiger partial charge in [-0.25, -0.2) is 4.98 Å². The second-order valence-electron chi connectivity index (χ2n) is 5.36. The first-order chi connectivity index (χ1) is 9.83. The predicted molar refractivity (Wildman–Crippen MR) is 80.6 cm³/mol. The molecule has 2 aromatic rings. The molecule has 1 saturated heterocycles. The van der Waals surface area contributed by atoms with Gasteiger partial charge in [-0.05, 0) is 50.9 Å². The molecule has 3 rings (SSSR count). The minimum absolute atomic E-state index is 0.748. The number of nitrogens with zero attached hydrogens (tertiary/aromatic N) is 2. The lowest BCUT2D eigenvalue weighted by atomic mass is 9.98. The Kier molecular flexibility index (Phi) is 3.97. The van der Waals surface area contributed by atoms with Crippen LogP contribution in [0.4, 0.5) is 5.69 Å². The number of rotatable bonds is 4. The van der Waals surface area contributed by atoms with Crippen LogP contribution in [-0.4, -0.2) is 34.8 Å². The van der Waals surface area contributed by atoms with Gasteiger partial charge in [-0.3, -0.25) is 5.10 Å². The number of para-hydroxylation sites is 1. The van der Waals surface area contributed by atoms with E-state index in [2.05, 4.69) is 37.9 Å². The minimum Gasteiger partial charge on any atom is -0.384 e. The van der Waals surface area contributed by atoms with Gasteiger partial charge >= 0.3 is 0 Å². The summed E-state index contributed by atoms with van der Waals surface area (Å²) < 4.78 is 0. The summed E-state index contributed by atoms with van der Waals surface area (Å²) in [5.41, 5.74) is 2.18. The van der Waals surface area contributed by atoms with Crippen LogP contribution in [0.15, 0.2) is 24.3 Å². The van der Waals surface area contributed by atoms with Crippen LogP contribution in [0.25, 0.3) is 11.4 Å². The van der Waals surface area contributed by atoms with Crippen LogP contribution in [0.5, 0.6) is 0 Å². The van der Waals surface area contributed by atoms with Gasteiger partial charge in [0.1, 0.15) is 5.82 Å². The molecule has 0 aliphatic carbocycles. The summed E-state index contributed by atoms with van der Waals surface area (Å²) in [6.07, 6.45) is 2.49. The van der Waals surface area contributed by atoms with E-state index in [4.69, 9.17) is 0 Å². The molecule has 1 aliphatic rings. The van der Waals surface area contributed by atoms with Gasteiger partial charge in [0.15, 0.2) is 5.82 Å². The van der Waals surface area contributed by atoms with Gasteiger partial charge in [0.2, 0.25) is 0 Å². The summed E-state index contributed by atoms with van der Waals surface area (Å²) in [6, 6.07) is 8.24. The SMILES string of the molecule is Cc1nc(-c2ccccc2NCC2CCNCC2)n[nH]1. The highest BCUT2D eigenvalue weighted by atomic mass is 15.2. The number of benzene rings is 1. The van der Waals surface area contributed by atoms with Crippen LogP contribution in [0.2, 0.25) is 0 Å². The molecular formula is C15H21N5. The third kappa shape index (κ3) is 2.99. The molecule has 1 aliphatic heterocycles. The van der Waals surface area contributed by atoms with Crippen molar-refractivity contribution >= 4 is 5.69 Å². The predicted octanol–water partition coefficient (Wildman–Crippen LogP) is 2.19. The minimum atomic E-state index is 0.748. The number of aryl methyl sites for hydroxylation is 1. The van der Waals surface area contributed by atoms with Crippen molar-refractivity contribution in [3.63, 3.8) is 0 Å². The topological polar surface area (TPSA) is 65.6 Å². The number of piperidine rings is 1. The van der Waals surface area contributed by atoms with Crippen molar-refractivity contribution < 1.29 is 0 Å². The van der Waals surface area contributed by atoms with Crippen LogP contribution in [-0.2, 0) is 0 Å². The Morgan fingerprint density at radius 1 is 1.25 bits per heavy atom. The summed E-state index contributed by atoms with van der Waals surface area (Å²) >= 11 is 0. The molecule has 106 valence electrons. The molecule has 0 unspecified atom stereocenters. The first-order valence-corrected chi connectivity index (χ1v) is 7.26. The number of hydrogen-bond acceptors (Lipinski definition) is 4. The summed E-state index contributed by atoms with van der Waals surface area (Å²) in [6.45, 7) is 5.20. The molecule has 0 amide bonds. The maximum absolute atomic E-state index is 4.42. The number of nitrogens with one attached hydrogen (secondary N) is 3. The molecule has 0 atom stereocenters. The Morgan fingerprint density at radius 3 is 2.80 bits per heavy atom. The monoisotopic (exact) mass is 271 g/mol. The summed E-state index contributed by atoms with van der Waals surface area (Å²) in [7, 11) is 0. The molecule has 3 N–H and O–H groups in total. The average Bonchev–Trinajstić information content (AvgIpc) is 2.93. The van der Waals surface area contributed by atoms with Crippen LogP contribution >= 0.6 is 0 Å². The molecular weight excluding hydrogens is 250 g/mol. The Morgan fingerprint density at radius 2 is 2.05 bits per heavy atom. The standard InChI is InChI=1S/C15H21N5/c1-11-18-15(20-19-11)13-4-2-3-5-14(13)17-10-12-6-8-16-9-7-12/h2-5,12,16-17H,6-10H2,1H3,(H,18,19,20). The normalized spacial score (nSPS) is 16.2. The highest BCUT2D eigenvalue weighted by Crippen LogP contribution is 2.25. The van der Waals surface area contributed by atoms with Crippen molar-refractivity contribution in [1.29, 1.82) is 0 Å². The van der Waals surface area contributed by atoms with E-state index in [1.165, 1.54) is 12.8 Å². The number of aromatic nitrogens is 3. The summed E-state index contributed by atoms with van der Waals surface area (Å²) in [5.74, 6) is 2.35. The largest absolute Gasteiger partial charge is 0.384 e. The molecule has 5 nitrogen and oxygen atoms in total. The summed E-state index contributed by atoms with van der Waals surface area (Å²) in [4.78, 5) is 4.42. The molecule has 0 spiro atoms. The highest BCUT2D eigenvalue weighted by molar-refractivity contribution is 5.73. The Bertz CT molecular complexity index is 557. The lowest BCUT2D eigenvalue weighted by Crippen LogP contribution is -2.31. The van der Waals surface area contributed by atoms with Crippen LogP contribution in [0.3, 0.4) is 0 Å². The maximum Gasteiger partial charge on any atom is 0.183 e. The van der Waals surface area contributed by atoms with E-state index in [1.807, 2.05) is 19.1 Å². The Balaban J connectivity index is 1.72. The zero-order valence-electron chi connectivity index (χ0n) is 11.8. The average molecular weight is 271 g/mol. The van der Waals surface area contributed by atoms with E-state index in [0.717, 1.165) is 48.5 Å². The number of H-pyrrole nitrogens is 1. The quantitative estimate of drug-likeness (QED) is 0.797. The van der Waals surface area contributed by atoms with Gasteiger partial charge in [0, 0.05) is 17.8 Å². The van der Waals surface area contributed by atoms with Crippen LogP contribution < -0.4 is 10.6 Å². The molecule has 1 aromatic carbocycles. The highest BCUT2D eigenvalue weighted by Gasteiger charge is 2.14. The fraction of sp³-hybridized carbons (Fsp3) is 0.467. The summed E-state index contributed by atoms with van der Waals surface area (Å²) in [5, 5.41) is 14.1. The molecule has 1 aromatic heterocycles. The van der Waals surface area contributed by atoms with Crippen molar-refractivity contribution in [1.82, 2.24) is 20.5 Å². The van der Waals surface area contributed by atoms with E-state index in [9.17, 15) is 0 Å². The maximum atomic E-state index is 4.42. The van der Waals surface area contributed by atoms with E-state index in [1.54, 1.807) is 0 Å². The van der Waals surface area contributed by atoms with Gasteiger partial charge in [-0.15, -0.1) is 0 Å². The van der Waals surface area contributed by atoms with Crippen LogP contribution in [0.1, 0.15) is 18.7 Å². The second-order valence-corrected chi connectivity index (χ2v) is 5.36. The van der Waals surface area contributed by atoms with Crippen molar-refractivity contribution in [2.75, 3.05) is 25.0 Å². The fourth-order valence-electron chi connectivity index (χ4n) is 2.64. The Hall–Kier alpha value is -1.88. The molecule has 5 heteroatoms. The van der Waals surface area contributed by atoms with E-state index >= 15 is 0 Å². The van der Waals surface area contributed by atoms with Crippen molar-refractivity contribution in [2.24, 2.45) is 5.92 Å². The Labute approximate surface area is 119 Å². The molecule has 20 heavy (non-hydrogen) atoms. The molecule has 0 bridgehead atoms. The van der Waals surface area contributed by atoms with Crippen molar-refractivity contribution in [2.45, 2.75) is 19.8 Å². The molecule has 0 radical (unpaired) electrons. The number of anilines is 1. The number of hydrogen-bond donors (Lipinski definition) is 3. The first-order valence-electron chi connectivity index (χ1n) is 7.26. The van der Waals surface area contributed by atoms with Gasteiger partial charge < -0.3 is 10.6 Å². The van der Waals surface area contributed by atoms with Gasteiger partial charge in [-0.1, -0.05) is 12.1 Å². The molecule has 2 heterocycles. The van der Waals surface area contributed by atoms with E-state index in [0.29, 0.717) is 0 Å². The zero-order valence-corrected chi connectivity index (χ0v) is 11.8. The lowest BCUT2D eigenvalue weighted by molar-refractivity contribution is 0.390. The van der Waals surface area contributed by atoms with Gasteiger partial charge in [0.05, 0.1) is 0 Å². The molecule has 0 saturated carbocycles. The second kappa shape index (κ2) is 6.05. The number of aromatic amines is 1. The fourth-order valence-corrected chi connectivity index (χ4v) is 2.64. The third-order valence-corrected chi connectivity index (χ3v) is 3.81. The van der Waals surface area contributed by atoms with Crippen LogP contribution in [0, 0.1) is 12.8 Å². The first kappa shape index (κ1) is 13.1. The van der Waals surface area contributed by atoms with Crippen molar-refractivity contribution in [3.8, 4) is 11.4 Å². The lowest BCUT2D eigenvalue weighted by Gasteiger charge is -2.23. The van der Waals surface area contributed by atoms with E-state index < -0.39 is 0 Å². The van der Waals surface area contributed by atoms with E-state index in [-0.39, 0.29) is 0 Å².